The van der Waals surface area contributed by atoms with E-state index in [1.165, 1.54) is 18.2 Å². The highest BCUT2D eigenvalue weighted by Crippen LogP contribution is 2.18. The van der Waals surface area contributed by atoms with Crippen molar-refractivity contribution in [3.8, 4) is 0 Å². The van der Waals surface area contributed by atoms with Gasteiger partial charge in [-0.15, -0.1) is 0 Å². The molecule has 3 aromatic rings. The van der Waals surface area contributed by atoms with Gasteiger partial charge in [-0.1, -0.05) is 41.6 Å². The number of pyridine rings is 1. The van der Waals surface area contributed by atoms with Gasteiger partial charge in [-0.3, -0.25) is 0 Å². The quantitative estimate of drug-likeness (QED) is 0.582. The molecule has 2 aromatic carbocycles. The summed E-state index contributed by atoms with van der Waals surface area (Å²) in [6.45, 7) is 0. The molecule has 106 valence electrons. The monoisotopic (exact) mass is 300 g/mol. The molecule has 0 aliphatic carbocycles. The molecular weight excluding hydrogens is 288 g/mol. The summed E-state index contributed by atoms with van der Waals surface area (Å²) in [6, 6.07) is 18.2. The van der Waals surface area contributed by atoms with Gasteiger partial charge >= 0.3 is 0 Å². The third kappa shape index (κ3) is 2.19. The van der Waals surface area contributed by atoms with Crippen molar-refractivity contribution in [3.63, 3.8) is 0 Å². The Morgan fingerprint density at radius 1 is 0.857 bits per heavy atom. The highest BCUT2D eigenvalue weighted by molar-refractivity contribution is 7.90. The molecule has 0 saturated carbocycles. The zero-order chi connectivity index (χ0) is 14.9. The number of fused-ring (bicyclic) bond motifs is 1. The van der Waals surface area contributed by atoms with Crippen molar-refractivity contribution in [2.75, 3.05) is 0 Å². The van der Waals surface area contributed by atoms with Gasteiger partial charge in [0.1, 0.15) is 0 Å². The van der Waals surface area contributed by atoms with Gasteiger partial charge in [-0.25, -0.2) is 12.4 Å². The van der Waals surface area contributed by atoms with Crippen LogP contribution < -0.4 is 5.49 Å². The van der Waals surface area contributed by atoms with Crippen LogP contribution in [0.4, 0.5) is 0 Å². The Kier molecular flexibility index (Phi) is 3.23. The predicted molar refractivity (Wildman–Crippen MR) is 78.3 cm³/mol. The molecule has 1 aromatic heterocycles. The van der Waals surface area contributed by atoms with Crippen molar-refractivity contribution >= 4 is 20.9 Å². The van der Waals surface area contributed by atoms with E-state index < -0.39 is 10.0 Å². The molecule has 0 bridgehead atoms. The van der Waals surface area contributed by atoms with Crippen LogP contribution in [-0.4, -0.2) is 17.6 Å². The first-order valence-corrected chi connectivity index (χ1v) is 7.68. The summed E-state index contributed by atoms with van der Waals surface area (Å²) >= 11 is 0. The predicted octanol–water partition coefficient (Wildman–Crippen LogP) is 2.17. The van der Waals surface area contributed by atoms with Crippen LogP contribution >= 0.6 is 0 Å². The van der Waals surface area contributed by atoms with Gasteiger partial charge in [0.15, 0.2) is 5.49 Å². The maximum Gasteiger partial charge on any atom is 0.270 e. The van der Waals surface area contributed by atoms with Crippen molar-refractivity contribution in [1.82, 2.24) is 3.97 Å². The average molecular weight is 300 g/mol. The Morgan fingerprint density at radius 2 is 1.52 bits per heavy atom. The minimum absolute atomic E-state index is 0.0439. The molecule has 1 N–H and O–H groups in total. The largest absolute Gasteiger partial charge is 0.409 e. The Bertz CT molecular complexity index is 961. The Balaban J connectivity index is 2.45. The molecule has 1 heterocycles. The van der Waals surface area contributed by atoms with E-state index in [2.05, 4.69) is 5.16 Å². The number of hydrogen-bond acceptors (Lipinski definition) is 4. The summed E-state index contributed by atoms with van der Waals surface area (Å²) in [5, 5.41) is 13.0. The second-order valence-corrected chi connectivity index (χ2v) is 6.22. The highest BCUT2D eigenvalue weighted by atomic mass is 32.2. The first-order chi connectivity index (χ1) is 10.1. The third-order valence-corrected chi connectivity index (χ3v) is 4.89. The standard InChI is InChI=1S/C15H12N2O3S/c18-16-15-11-10-12-6-4-5-9-14(12)17(15)21(19,20)13-7-2-1-3-8-13/h1-11,18H. The van der Waals surface area contributed by atoms with Crippen LogP contribution in [0.2, 0.25) is 0 Å². The van der Waals surface area contributed by atoms with Gasteiger partial charge in [-0.2, -0.15) is 0 Å². The number of benzene rings is 2. The number of para-hydroxylation sites is 1. The molecule has 0 atom stereocenters. The van der Waals surface area contributed by atoms with E-state index in [0.29, 0.717) is 5.52 Å². The van der Waals surface area contributed by atoms with Gasteiger partial charge < -0.3 is 5.21 Å². The van der Waals surface area contributed by atoms with Crippen molar-refractivity contribution in [2.24, 2.45) is 5.16 Å². The molecule has 0 amide bonds. The van der Waals surface area contributed by atoms with E-state index in [4.69, 9.17) is 5.21 Å². The molecule has 0 radical (unpaired) electrons. The maximum atomic E-state index is 12.8. The summed E-state index contributed by atoms with van der Waals surface area (Å²) in [6.07, 6.45) is 0. The molecule has 0 spiro atoms. The van der Waals surface area contributed by atoms with E-state index >= 15 is 0 Å². The van der Waals surface area contributed by atoms with E-state index in [1.54, 1.807) is 42.5 Å². The van der Waals surface area contributed by atoms with Crippen LogP contribution in [0, 0.1) is 0 Å². The summed E-state index contributed by atoms with van der Waals surface area (Å²) in [7, 11) is -3.85. The lowest BCUT2D eigenvalue weighted by Crippen LogP contribution is -2.28. The zero-order valence-electron chi connectivity index (χ0n) is 10.9. The van der Waals surface area contributed by atoms with Crippen LogP contribution in [0.25, 0.3) is 10.9 Å². The smallest absolute Gasteiger partial charge is 0.270 e. The van der Waals surface area contributed by atoms with Crippen LogP contribution in [0.15, 0.2) is 76.8 Å². The minimum atomic E-state index is -3.85. The summed E-state index contributed by atoms with van der Waals surface area (Å²) in [5.74, 6) is 0. The second-order valence-electron chi connectivity index (χ2n) is 4.43. The molecule has 6 heteroatoms. The number of nitrogens with zero attached hydrogens (tertiary/aromatic N) is 2. The number of aromatic nitrogens is 1. The molecule has 3 rings (SSSR count). The minimum Gasteiger partial charge on any atom is -0.409 e. The van der Waals surface area contributed by atoms with Crippen LogP contribution in [0.5, 0.6) is 0 Å². The fraction of sp³-hybridized carbons (Fsp3) is 0. The lowest BCUT2D eigenvalue weighted by Gasteiger charge is -2.12. The maximum absolute atomic E-state index is 12.8. The second kappa shape index (κ2) is 5.06. The van der Waals surface area contributed by atoms with Gasteiger partial charge in [-0.05, 0) is 35.7 Å². The summed E-state index contributed by atoms with van der Waals surface area (Å²) in [4.78, 5) is 0.135. The lowest BCUT2D eigenvalue weighted by molar-refractivity contribution is 0.297. The summed E-state index contributed by atoms with van der Waals surface area (Å²) in [5.41, 5.74) is 0.411. The molecule has 0 fully saturated rings. The third-order valence-electron chi connectivity index (χ3n) is 3.16. The van der Waals surface area contributed by atoms with Crippen molar-refractivity contribution < 1.29 is 13.6 Å². The number of rotatable bonds is 2. The average Bonchev–Trinajstić information content (AvgIpc) is 2.54. The molecule has 0 unspecified atom stereocenters. The molecular formula is C15H12N2O3S. The Labute approximate surface area is 121 Å². The zero-order valence-corrected chi connectivity index (χ0v) is 11.7. The van der Waals surface area contributed by atoms with E-state index in [9.17, 15) is 8.42 Å². The SMILES string of the molecule is O=S(=O)(c1ccccc1)n1c(=NO)ccc2ccccc21. The molecule has 5 nitrogen and oxygen atoms in total. The van der Waals surface area contributed by atoms with E-state index in [-0.39, 0.29) is 10.4 Å². The van der Waals surface area contributed by atoms with Crippen LogP contribution in [0.1, 0.15) is 0 Å². The van der Waals surface area contributed by atoms with Gasteiger partial charge in [0.25, 0.3) is 10.0 Å². The Hall–Kier alpha value is -2.60. The highest BCUT2D eigenvalue weighted by Gasteiger charge is 2.19. The van der Waals surface area contributed by atoms with Crippen molar-refractivity contribution in [2.45, 2.75) is 4.90 Å². The first kappa shape index (κ1) is 13.4. The van der Waals surface area contributed by atoms with Gasteiger partial charge in [0.05, 0.1) is 10.4 Å². The fourth-order valence-corrected chi connectivity index (χ4v) is 3.67. The van der Waals surface area contributed by atoms with Crippen molar-refractivity contribution in [1.29, 1.82) is 0 Å². The first-order valence-electron chi connectivity index (χ1n) is 6.24. The Morgan fingerprint density at radius 3 is 2.24 bits per heavy atom. The van der Waals surface area contributed by atoms with Crippen molar-refractivity contribution in [3.05, 3.63) is 72.2 Å². The molecule has 0 saturated heterocycles. The normalized spacial score (nSPS) is 12.7. The van der Waals surface area contributed by atoms with Gasteiger partial charge in [0.2, 0.25) is 0 Å². The van der Waals surface area contributed by atoms with Gasteiger partial charge in [0, 0.05) is 0 Å². The van der Waals surface area contributed by atoms with E-state index in [0.717, 1.165) is 9.36 Å². The van der Waals surface area contributed by atoms with E-state index in [1.807, 2.05) is 6.07 Å². The van der Waals surface area contributed by atoms with Crippen LogP contribution in [-0.2, 0) is 10.0 Å². The van der Waals surface area contributed by atoms with Crippen LogP contribution in [0.3, 0.4) is 0 Å². The summed E-state index contributed by atoms with van der Waals surface area (Å²) < 4.78 is 26.7. The molecule has 0 aliphatic heterocycles. The fourth-order valence-electron chi connectivity index (χ4n) is 2.19. The number of hydrogen-bond donors (Lipinski definition) is 1. The topological polar surface area (TPSA) is 71.7 Å². The molecule has 0 aliphatic rings. The lowest BCUT2D eigenvalue weighted by atomic mass is 10.2. The molecule has 21 heavy (non-hydrogen) atoms.